The van der Waals surface area contributed by atoms with Gasteiger partial charge in [-0.05, 0) is 54.7 Å². The molecule has 0 heterocycles. The Kier molecular flexibility index (Phi) is 10.5. The van der Waals surface area contributed by atoms with Gasteiger partial charge in [0.15, 0.2) is 0 Å². The van der Waals surface area contributed by atoms with E-state index in [-0.39, 0.29) is 11.9 Å². The molecule has 5 nitrogen and oxygen atoms in total. The maximum absolute atomic E-state index is 12.1. The average Bonchev–Trinajstić information content (AvgIpc) is 2.76. The highest BCUT2D eigenvalue weighted by Crippen LogP contribution is 2.23. The van der Waals surface area contributed by atoms with Gasteiger partial charge in [0.2, 0.25) is 0 Å². The second kappa shape index (κ2) is 13.4. The number of rotatable bonds is 13. The van der Waals surface area contributed by atoms with Crippen LogP contribution < -0.4 is 4.74 Å². The molecule has 0 amide bonds. The molecule has 0 saturated carbocycles. The average molecular weight is 413 g/mol. The standard InChI is InChI=1S/C25H32O5/c1-3-4-5-6-18-29-24-15-13-22(14-16-24)21-9-11-23(12-10-21)25(27)30-19-8-7-17-28-20(2)26/h9-16H,3-8,17-19H2,1-2H3. The highest BCUT2D eigenvalue weighted by atomic mass is 16.5. The van der Waals surface area contributed by atoms with E-state index >= 15 is 0 Å². The van der Waals surface area contributed by atoms with Gasteiger partial charge in [-0.1, -0.05) is 50.5 Å². The van der Waals surface area contributed by atoms with Crippen molar-refractivity contribution in [3.8, 4) is 16.9 Å². The lowest BCUT2D eigenvalue weighted by molar-refractivity contribution is -0.141. The topological polar surface area (TPSA) is 61.8 Å². The van der Waals surface area contributed by atoms with Crippen LogP contribution in [0.4, 0.5) is 0 Å². The number of unbranched alkanes of at least 4 members (excludes halogenated alkanes) is 4. The van der Waals surface area contributed by atoms with E-state index in [0.717, 1.165) is 29.9 Å². The van der Waals surface area contributed by atoms with E-state index < -0.39 is 0 Å². The van der Waals surface area contributed by atoms with Crippen molar-refractivity contribution in [1.82, 2.24) is 0 Å². The maximum Gasteiger partial charge on any atom is 0.338 e. The SMILES string of the molecule is CCCCCCOc1ccc(-c2ccc(C(=O)OCCCCOC(C)=O)cc2)cc1. The Bertz CT molecular complexity index is 765. The third-order valence-electron chi connectivity index (χ3n) is 4.65. The summed E-state index contributed by atoms with van der Waals surface area (Å²) in [5.74, 6) is 0.238. The summed E-state index contributed by atoms with van der Waals surface area (Å²) in [6.07, 6.45) is 6.09. The molecular formula is C25H32O5. The molecule has 2 aromatic carbocycles. The van der Waals surface area contributed by atoms with Gasteiger partial charge in [-0.25, -0.2) is 4.79 Å². The van der Waals surface area contributed by atoms with Gasteiger partial charge in [-0.2, -0.15) is 0 Å². The quantitative estimate of drug-likeness (QED) is 0.307. The minimum Gasteiger partial charge on any atom is -0.494 e. The molecule has 0 radical (unpaired) electrons. The van der Waals surface area contributed by atoms with Crippen molar-refractivity contribution in [2.45, 2.75) is 52.4 Å². The zero-order valence-electron chi connectivity index (χ0n) is 18.0. The highest BCUT2D eigenvalue weighted by Gasteiger charge is 2.08. The van der Waals surface area contributed by atoms with Gasteiger partial charge in [0.05, 0.1) is 25.4 Å². The van der Waals surface area contributed by atoms with E-state index in [1.54, 1.807) is 12.1 Å². The first-order valence-corrected chi connectivity index (χ1v) is 10.7. The van der Waals surface area contributed by atoms with E-state index in [2.05, 4.69) is 6.92 Å². The fourth-order valence-electron chi connectivity index (χ4n) is 2.93. The first-order valence-electron chi connectivity index (χ1n) is 10.7. The van der Waals surface area contributed by atoms with Crippen molar-refractivity contribution >= 4 is 11.9 Å². The van der Waals surface area contributed by atoms with Gasteiger partial charge >= 0.3 is 11.9 Å². The van der Waals surface area contributed by atoms with Crippen LogP contribution in [-0.4, -0.2) is 31.8 Å². The predicted octanol–water partition coefficient (Wildman–Crippen LogP) is 5.81. The minimum absolute atomic E-state index is 0.295. The van der Waals surface area contributed by atoms with Crippen LogP contribution in [0, 0.1) is 0 Å². The predicted molar refractivity (Wildman–Crippen MR) is 118 cm³/mol. The lowest BCUT2D eigenvalue weighted by Gasteiger charge is -2.08. The third kappa shape index (κ3) is 8.68. The molecule has 0 spiro atoms. The second-order valence-corrected chi connectivity index (χ2v) is 7.19. The molecule has 0 aromatic heterocycles. The highest BCUT2D eigenvalue weighted by molar-refractivity contribution is 5.90. The first-order chi connectivity index (χ1) is 14.6. The van der Waals surface area contributed by atoms with Crippen LogP contribution in [0.2, 0.25) is 0 Å². The van der Waals surface area contributed by atoms with Gasteiger partial charge in [-0.15, -0.1) is 0 Å². The molecule has 0 atom stereocenters. The summed E-state index contributed by atoms with van der Waals surface area (Å²) in [6, 6.07) is 15.4. The molecule has 0 unspecified atom stereocenters. The third-order valence-corrected chi connectivity index (χ3v) is 4.65. The number of hydrogen-bond donors (Lipinski definition) is 0. The zero-order chi connectivity index (χ0) is 21.6. The summed E-state index contributed by atoms with van der Waals surface area (Å²) >= 11 is 0. The van der Waals surface area contributed by atoms with Crippen LogP contribution in [0.3, 0.4) is 0 Å². The molecule has 0 aliphatic carbocycles. The van der Waals surface area contributed by atoms with Gasteiger partial charge < -0.3 is 14.2 Å². The number of hydrogen-bond acceptors (Lipinski definition) is 5. The van der Waals surface area contributed by atoms with Crippen molar-refractivity contribution in [3.05, 3.63) is 54.1 Å². The Labute approximate surface area is 179 Å². The zero-order valence-corrected chi connectivity index (χ0v) is 18.0. The van der Waals surface area contributed by atoms with Gasteiger partial charge in [0, 0.05) is 6.92 Å². The summed E-state index contributed by atoms with van der Waals surface area (Å²) in [4.78, 5) is 22.8. The van der Waals surface area contributed by atoms with Crippen LogP contribution >= 0.6 is 0 Å². The van der Waals surface area contributed by atoms with E-state index in [4.69, 9.17) is 14.2 Å². The van der Waals surface area contributed by atoms with E-state index in [0.29, 0.717) is 31.6 Å². The van der Waals surface area contributed by atoms with Crippen molar-refractivity contribution in [2.24, 2.45) is 0 Å². The van der Waals surface area contributed by atoms with Gasteiger partial charge in [0.25, 0.3) is 0 Å². The summed E-state index contributed by atoms with van der Waals surface area (Å²) < 4.78 is 15.9. The minimum atomic E-state index is -0.346. The molecular weight excluding hydrogens is 380 g/mol. The number of esters is 2. The van der Waals surface area contributed by atoms with Crippen molar-refractivity contribution < 1.29 is 23.8 Å². The Morgan fingerprint density at radius 2 is 1.27 bits per heavy atom. The Morgan fingerprint density at radius 1 is 0.700 bits per heavy atom. The Hall–Kier alpha value is -2.82. The molecule has 2 rings (SSSR count). The number of carbonyl (C=O) groups is 2. The number of carbonyl (C=O) groups excluding carboxylic acids is 2. The van der Waals surface area contributed by atoms with Crippen LogP contribution in [0.1, 0.15) is 62.7 Å². The van der Waals surface area contributed by atoms with Crippen LogP contribution in [-0.2, 0) is 14.3 Å². The van der Waals surface area contributed by atoms with E-state index in [9.17, 15) is 9.59 Å². The summed E-state index contributed by atoms with van der Waals surface area (Å²) in [7, 11) is 0. The van der Waals surface area contributed by atoms with Crippen LogP contribution in [0.15, 0.2) is 48.5 Å². The summed E-state index contributed by atoms with van der Waals surface area (Å²) in [6.45, 7) is 4.98. The molecule has 2 aromatic rings. The molecule has 0 bridgehead atoms. The molecule has 162 valence electrons. The fraction of sp³-hybridized carbons (Fsp3) is 0.440. The smallest absolute Gasteiger partial charge is 0.338 e. The molecule has 0 N–H and O–H groups in total. The molecule has 5 heteroatoms. The lowest BCUT2D eigenvalue weighted by atomic mass is 10.0. The Balaban J connectivity index is 1.76. The number of ether oxygens (including phenoxy) is 3. The molecule has 30 heavy (non-hydrogen) atoms. The lowest BCUT2D eigenvalue weighted by Crippen LogP contribution is -2.07. The van der Waals surface area contributed by atoms with Gasteiger partial charge in [0.1, 0.15) is 5.75 Å². The summed E-state index contributed by atoms with van der Waals surface area (Å²) in [5, 5.41) is 0. The van der Waals surface area contributed by atoms with Gasteiger partial charge in [-0.3, -0.25) is 4.79 Å². The van der Waals surface area contributed by atoms with Crippen molar-refractivity contribution in [3.63, 3.8) is 0 Å². The maximum atomic E-state index is 12.1. The molecule has 0 aliphatic heterocycles. The fourth-order valence-corrected chi connectivity index (χ4v) is 2.93. The van der Waals surface area contributed by atoms with Crippen molar-refractivity contribution in [1.29, 1.82) is 0 Å². The normalized spacial score (nSPS) is 10.5. The monoisotopic (exact) mass is 412 g/mol. The molecule has 0 aliphatic rings. The summed E-state index contributed by atoms with van der Waals surface area (Å²) in [5.41, 5.74) is 2.62. The van der Waals surface area contributed by atoms with Crippen molar-refractivity contribution in [2.75, 3.05) is 19.8 Å². The van der Waals surface area contributed by atoms with Crippen LogP contribution in [0.25, 0.3) is 11.1 Å². The largest absolute Gasteiger partial charge is 0.494 e. The van der Waals surface area contributed by atoms with E-state index in [1.807, 2.05) is 36.4 Å². The van der Waals surface area contributed by atoms with E-state index in [1.165, 1.54) is 26.2 Å². The number of benzene rings is 2. The first kappa shape index (κ1) is 23.5. The molecule has 0 fully saturated rings. The van der Waals surface area contributed by atoms with Crippen LogP contribution in [0.5, 0.6) is 5.75 Å². The molecule has 0 saturated heterocycles. The second-order valence-electron chi connectivity index (χ2n) is 7.19. The Morgan fingerprint density at radius 3 is 1.87 bits per heavy atom.